The third-order valence-corrected chi connectivity index (χ3v) is 2.41. The molecule has 0 aromatic carbocycles. The van der Waals surface area contributed by atoms with E-state index in [9.17, 15) is 4.79 Å². The Balaban J connectivity index is 2.60. The van der Waals surface area contributed by atoms with Gasteiger partial charge in [-0.25, -0.2) is 4.79 Å². The third kappa shape index (κ3) is 4.13. The van der Waals surface area contributed by atoms with Crippen LogP contribution in [0.3, 0.4) is 0 Å². The molecule has 1 aliphatic heterocycles. The van der Waals surface area contributed by atoms with Crippen LogP contribution >= 0.6 is 12.0 Å². The van der Waals surface area contributed by atoms with Crippen LogP contribution in [-0.4, -0.2) is 27.7 Å². The summed E-state index contributed by atoms with van der Waals surface area (Å²) in [5.41, 5.74) is -0.477. The first-order valence-corrected chi connectivity index (χ1v) is 5.71. The molecule has 1 aliphatic rings. The summed E-state index contributed by atoms with van der Waals surface area (Å²) >= 11 is 0.697. The van der Waals surface area contributed by atoms with Gasteiger partial charge in [0, 0.05) is 29.7 Å². The van der Waals surface area contributed by atoms with Gasteiger partial charge in [-0.1, -0.05) is 0 Å². The molecule has 5 heteroatoms. The first-order valence-electron chi connectivity index (χ1n) is 4.94. The van der Waals surface area contributed by atoms with Gasteiger partial charge in [0.05, 0.1) is 0 Å². The molecule has 0 bridgehead atoms. The van der Waals surface area contributed by atoms with Crippen LogP contribution in [0.4, 0.5) is 4.79 Å². The Morgan fingerprint density at radius 2 is 2.27 bits per heavy atom. The molecule has 1 heterocycles. The standard InChI is InChI=1S/C10H17NO3S/c1-10(2,3)14-9(12)11-6-4-5-8(7-11)15-13/h7,13H,4-6H2,1-3H3. The molecular formula is C10H17NO3S. The SMILES string of the molecule is CC(C)(C)OC(=O)N1C=C(SO)CCC1. The van der Waals surface area contributed by atoms with Crippen molar-refractivity contribution in [3.63, 3.8) is 0 Å². The van der Waals surface area contributed by atoms with Gasteiger partial charge in [-0.3, -0.25) is 4.90 Å². The van der Waals surface area contributed by atoms with Crippen molar-refractivity contribution < 1.29 is 14.1 Å². The molecule has 0 aromatic heterocycles. The monoisotopic (exact) mass is 231 g/mol. The highest BCUT2D eigenvalue weighted by molar-refractivity contribution is 7.97. The van der Waals surface area contributed by atoms with Gasteiger partial charge in [0.15, 0.2) is 0 Å². The Labute approximate surface area is 94.5 Å². The van der Waals surface area contributed by atoms with Crippen LogP contribution in [0.1, 0.15) is 33.6 Å². The summed E-state index contributed by atoms with van der Waals surface area (Å²) in [6.07, 6.45) is 2.98. The Kier molecular flexibility index (Phi) is 4.04. The van der Waals surface area contributed by atoms with Gasteiger partial charge in [0.25, 0.3) is 0 Å². The van der Waals surface area contributed by atoms with E-state index in [4.69, 9.17) is 9.29 Å². The minimum atomic E-state index is -0.477. The van der Waals surface area contributed by atoms with Crippen molar-refractivity contribution in [3.8, 4) is 0 Å². The van der Waals surface area contributed by atoms with E-state index in [-0.39, 0.29) is 6.09 Å². The molecule has 0 unspecified atom stereocenters. The number of ether oxygens (including phenoxy) is 1. The molecule has 0 aromatic rings. The quantitative estimate of drug-likeness (QED) is 0.705. The molecule has 0 atom stereocenters. The zero-order valence-electron chi connectivity index (χ0n) is 9.32. The molecule has 0 spiro atoms. The van der Waals surface area contributed by atoms with Gasteiger partial charge in [-0.15, -0.1) is 0 Å². The summed E-state index contributed by atoms with van der Waals surface area (Å²) in [7, 11) is 0. The molecule has 0 aliphatic carbocycles. The van der Waals surface area contributed by atoms with Gasteiger partial charge in [-0.05, 0) is 33.6 Å². The van der Waals surface area contributed by atoms with Gasteiger partial charge >= 0.3 is 6.09 Å². The lowest BCUT2D eigenvalue weighted by molar-refractivity contribution is 0.0326. The molecule has 15 heavy (non-hydrogen) atoms. The molecule has 0 saturated carbocycles. The molecule has 0 radical (unpaired) electrons. The lowest BCUT2D eigenvalue weighted by Gasteiger charge is -2.27. The smallest absolute Gasteiger partial charge is 0.414 e. The van der Waals surface area contributed by atoms with E-state index in [1.807, 2.05) is 20.8 Å². The minimum absolute atomic E-state index is 0.353. The summed E-state index contributed by atoms with van der Waals surface area (Å²) in [5, 5.41) is 0. The fourth-order valence-electron chi connectivity index (χ4n) is 1.26. The summed E-state index contributed by atoms with van der Waals surface area (Å²) < 4.78 is 14.1. The van der Waals surface area contributed by atoms with Gasteiger partial charge in [-0.2, -0.15) is 0 Å². The maximum atomic E-state index is 11.6. The fraction of sp³-hybridized carbons (Fsp3) is 0.700. The largest absolute Gasteiger partial charge is 0.443 e. The summed E-state index contributed by atoms with van der Waals surface area (Å²) in [5.74, 6) is 0. The number of hydrogen-bond donors (Lipinski definition) is 1. The molecule has 0 saturated heterocycles. The van der Waals surface area contributed by atoms with Crippen molar-refractivity contribution in [2.24, 2.45) is 0 Å². The van der Waals surface area contributed by atoms with Crippen LogP contribution in [0, 0.1) is 0 Å². The van der Waals surface area contributed by atoms with Crippen molar-refractivity contribution in [3.05, 3.63) is 11.1 Å². The zero-order chi connectivity index (χ0) is 11.5. The van der Waals surface area contributed by atoms with E-state index in [0.29, 0.717) is 18.6 Å². The lowest BCUT2D eigenvalue weighted by atomic mass is 10.2. The van der Waals surface area contributed by atoms with E-state index in [1.165, 1.54) is 4.90 Å². The predicted molar refractivity (Wildman–Crippen MR) is 60.5 cm³/mol. The number of amides is 1. The van der Waals surface area contributed by atoms with E-state index in [2.05, 4.69) is 0 Å². The predicted octanol–water partition coefficient (Wildman–Crippen LogP) is 3.06. The number of nitrogens with zero attached hydrogens (tertiary/aromatic N) is 1. The second-order valence-corrected chi connectivity index (χ2v) is 5.17. The van der Waals surface area contributed by atoms with Crippen molar-refractivity contribution in [2.75, 3.05) is 6.54 Å². The first kappa shape index (κ1) is 12.4. The minimum Gasteiger partial charge on any atom is -0.443 e. The molecular weight excluding hydrogens is 214 g/mol. The summed E-state index contributed by atoms with van der Waals surface area (Å²) in [6.45, 7) is 6.15. The second kappa shape index (κ2) is 4.90. The normalized spacial score (nSPS) is 17.3. The Morgan fingerprint density at radius 1 is 1.60 bits per heavy atom. The average Bonchev–Trinajstić information content (AvgIpc) is 2.15. The molecule has 1 N–H and O–H groups in total. The van der Waals surface area contributed by atoms with Crippen LogP contribution in [-0.2, 0) is 4.74 Å². The highest BCUT2D eigenvalue weighted by Gasteiger charge is 2.23. The highest BCUT2D eigenvalue weighted by Crippen LogP contribution is 2.24. The number of allylic oxidation sites excluding steroid dienone is 1. The van der Waals surface area contributed by atoms with Crippen molar-refractivity contribution in [1.29, 1.82) is 0 Å². The zero-order valence-corrected chi connectivity index (χ0v) is 10.1. The van der Waals surface area contributed by atoms with E-state index in [0.717, 1.165) is 17.7 Å². The maximum Gasteiger partial charge on any atom is 0.414 e. The van der Waals surface area contributed by atoms with Gasteiger partial charge in [0.2, 0.25) is 0 Å². The number of carbonyl (C=O) groups is 1. The van der Waals surface area contributed by atoms with Gasteiger partial charge < -0.3 is 9.29 Å². The topological polar surface area (TPSA) is 49.8 Å². The fourth-order valence-corrected chi connectivity index (χ4v) is 1.67. The van der Waals surface area contributed by atoms with Crippen LogP contribution in [0.5, 0.6) is 0 Å². The Bertz CT molecular complexity index is 270. The lowest BCUT2D eigenvalue weighted by Crippen LogP contribution is -2.35. The van der Waals surface area contributed by atoms with Crippen molar-refractivity contribution >= 4 is 18.1 Å². The van der Waals surface area contributed by atoms with E-state index < -0.39 is 5.60 Å². The van der Waals surface area contributed by atoms with Crippen molar-refractivity contribution in [1.82, 2.24) is 4.90 Å². The van der Waals surface area contributed by atoms with E-state index >= 15 is 0 Å². The third-order valence-electron chi connectivity index (χ3n) is 1.87. The van der Waals surface area contributed by atoms with Crippen LogP contribution < -0.4 is 0 Å². The second-order valence-electron chi connectivity index (χ2n) is 4.46. The number of carbonyl (C=O) groups excluding carboxylic acids is 1. The summed E-state index contributed by atoms with van der Waals surface area (Å²) in [4.78, 5) is 13.9. The molecule has 4 nitrogen and oxygen atoms in total. The number of hydrogen-bond acceptors (Lipinski definition) is 4. The maximum absolute atomic E-state index is 11.6. The van der Waals surface area contributed by atoms with Gasteiger partial charge in [0.1, 0.15) is 5.60 Å². The summed E-state index contributed by atoms with van der Waals surface area (Å²) in [6, 6.07) is 0. The highest BCUT2D eigenvalue weighted by atomic mass is 32.2. The first-order chi connectivity index (χ1) is 6.92. The molecule has 0 fully saturated rings. The van der Waals surface area contributed by atoms with E-state index in [1.54, 1.807) is 6.20 Å². The molecule has 1 amide bonds. The van der Waals surface area contributed by atoms with Crippen LogP contribution in [0.2, 0.25) is 0 Å². The Morgan fingerprint density at radius 3 is 2.80 bits per heavy atom. The Hall–Kier alpha value is -0.680. The van der Waals surface area contributed by atoms with Crippen LogP contribution in [0.25, 0.3) is 0 Å². The van der Waals surface area contributed by atoms with Crippen LogP contribution in [0.15, 0.2) is 11.1 Å². The average molecular weight is 231 g/mol. The molecule has 1 rings (SSSR count). The van der Waals surface area contributed by atoms with Crippen molar-refractivity contribution in [2.45, 2.75) is 39.2 Å². The number of rotatable bonds is 1. The molecule has 86 valence electrons.